The Labute approximate surface area is 174 Å². The van der Waals surface area contributed by atoms with Crippen molar-refractivity contribution in [1.82, 2.24) is 0 Å². The summed E-state index contributed by atoms with van der Waals surface area (Å²) in [6.07, 6.45) is 1.93. The Kier molecular flexibility index (Phi) is 6.10. The summed E-state index contributed by atoms with van der Waals surface area (Å²) in [6, 6.07) is 30.3. The minimum atomic E-state index is -2.82. The zero-order valence-corrected chi connectivity index (χ0v) is 18.2. The van der Waals surface area contributed by atoms with Gasteiger partial charge in [-0.25, -0.2) is 0 Å². The molecular weight excluding hydrogens is 372 g/mol. The highest BCUT2D eigenvalue weighted by Gasteiger charge is 2.43. The molecule has 0 fully saturated rings. The van der Waals surface area contributed by atoms with E-state index in [1.807, 2.05) is 0 Å². The molecule has 0 radical (unpaired) electrons. The van der Waals surface area contributed by atoms with E-state index in [1.165, 1.54) is 31.9 Å². The summed E-state index contributed by atoms with van der Waals surface area (Å²) in [5.74, 6) is 0. The van der Waals surface area contributed by atoms with Crippen LogP contribution in [0.25, 0.3) is 21.5 Å². The van der Waals surface area contributed by atoms with E-state index < -0.39 is 8.56 Å². The summed E-state index contributed by atoms with van der Waals surface area (Å²) in [4.78, 5) is 0. The van der Waals surface area contributed by atoms with Crippen molar-refractivity contribution in [2.24, 2.45) is 0 Å². The molecule has 0 atom stereocenters. The normalized spacial score (nSPS) is 11.9. The van der Waals surface area contributed by atoms with Crippen LogP contribution in [0, 0.1) is 0 Å². The highest BCUT2D eigenvalue weighted by molar-refractivity contribution is 6.92. The molecule has 0 amide bonds. The molecule has 0 bridgehead atoms. The second-order valence-corrected chi connectivity index (χ2v) is 10.4. The molecule has 0 aliphatic carbocycles. The Morgan fingerprint density at radius 3 is 1.38 bits per heavy atom. The summed E-state index contributed by atoms with van der Waals surface area (Å²) < 4.78 is 13.3. The summed E-state index contributed by atoms with van der Waals surface area (Å²) in [5, 5.41) is 7.28. The highest BCUT2D eigenvalue weighted by Crippen LogP contribution is 2.19. The van der Waals surface area contributed by atoms with E-state index in [0.29, 0.717) is 13.2 Å². The maximum absolute atomic E-state index is 6.67. The molecule has 4 aromatic rings. The smallest absolute Gasteiger partial charge is 0.388 e. The van der Waals surface area contributed by atoms with Gasteiger partial charge in [0.25, 0.3) is 0 Å². The first-order chi connectivity index (χ1) is 14.3. The quantitative estimate of drug-likeness (QED) is 0.369. The molecule has 4 aromatic carbocycles. The van der Waals surface area contributed by atoms with E-state index in [9.17, 15) is 0 Å². The van der Waals surface area contributed by atoms with Crippen LogP contribution in [0.5, 0.6) is 0 Å². The maximum Gasteiger partial charge on any atom is 0.407 e. The van der Waals surface area contributed by atoms with E-state index in [1.54, 1.807) is 0 Å². The lowest BCUT2D eigenvalue weighted by Gasteiger charge is -2.32. The van der Waals surface area contributed by atoms with Gasteiger partial charge in [-0.3, -0.25) is 0 Å². The molecule has 0 spiro atoms. The van der Waals surface area contributed by atoms with Crippen molar-refractivity contribution >= 4 is 40.5 Å². The predicted molar refractivity (Wildman–Crippen MR) is 125 cm³/mol. The molecule has 4 rings (SSSR count). The van der Waals surface area contributed by atoms with E-state index in [-0.39, 0.29) is 0 Å². The number of rotatable bonds is 8. The zero-order chi connectivity index (χ0) is 20.1. The van der Waals surface area contributed by atoms with Gasteiger partial charge >= 0.3 is 8.56 Å². The SMILES string of the molecule is CCCO[Si](OCCC)(c1ccc2ccccc2c1)c1ccc2ccccc2c1. The number of fused-ring (bicyclic) bond motifs is 2. The Bertz CT molecular complexity index is 1020. The lowest BCUT2D eigenvalue weighted by Crippen LogP contribution is -2.63. The van der Waals surface area contributed by atoms with Gasteiger partial charge in [0.2, 0.25) is 0 Å². The fourth-order valence-corrected chi connectivity index (χ4v) is 7.18. The van der Waals surface area contributed by atoms with Crippen LogP contribution < -0.4 is 10.4 Å². The predicted octanol–water partition coefficient (Wildman–Crippen LogP) is 5.40. The van der Waals surface area contributed by atoms with Crippen molar-refractivity contribution in [2.75, 3.05) is 13.2 Å². The van der Waals surface area contributed by atoms with Gasteiger partial charge < -0.3 is 8.85 Å². The fraction of sp³-hybridized carbons (Fsp3) is 0.231. The zero-order valence-electron chi connectivity index (χ0n) is 17.2. The molecule has 3 heteroatoms. The molecule has 2 nitrogen and oxygen atoms in total. The van der Waals surface area contributed by atoms with E-state index >= 15 is 0 Å². The lowest BCUT2D eigenvalue weighted by atomic mass is 10.1. The van der Waals surface area contributed by atoms with Gasteiger partial charge in [-0.05, 0) is 44.8 Å². The Balaban J connectivity index is 1.92. The molecule has 0 aliphatic heterocycles. The van der Waals surface area contributed by atoms with Gasteiger partial charge in [-0.1, -0.05) is 98.8 Å². The van der Waals surface area contributed by atoms with Crippen molar-refractivity contribution in [3.8, 4) is 0 Å². The third kappa shape index (κ3) is 3.99. The fourth-order valence-electron chi connectivity index (χ4n) is 3.82. The van der Waals surface area contributed by atoms with E-state index in [4.69, 9.17) is 8.85 Å². The van der Waals surface area contributed by atoms with E-state index in [0.717, 1.165) is 12.8 Å². The first-order valence-electron chi connectivity index (χ1n) is 10.5. The van der Waals surface area contributed by atoms with Crippen LogP contribution in [0.15, 0.2) is 84.9 Å². The van der Waals surface area contributed by atoms with E-state index in [2.05, 4.69) is 98.8 Å². The van der Waals surface area contributed by atoms with Gasteiger partial charge in [0, 0.05) is 13.2 Å². The molecule has 148 valence electrons. The standard InChI is InChI=1S/C26H28O2Si/c1-3-17-27-29(28-18-4-2,25-15-13-21-9-5-7-11-23(21)19-25)26-16-14-22-10-6-8-12-24(22)20-26/h5-16,19-20H,3-4,17-18H2,1-2H3. The largest absolute Gasteiger partial charge is 0.407 e. The number of hydrogen-bond donors (Lipinski definition) is 0. The van der Waals surface area contributed by atoms with Crippen molar-refractivity contribution in [1.29, 1.82) is 0 Å². The average molecular weight is 401 g/mol. The summed E-state index contributed by atoms with van der Waals surface area (Å²) >= 11 is 0. The van der Waals surface area contributed by atoms with Crippen LogP contribution >= 0.6 is 0 Å². The molecule has 0 saturated heterocycles. The summed E-state index contributed by atoms with van der Waals surface area (Å²) in [6.45, 7) is 5.69. The average Bonchev–Trinajstić information content (AvgIpc) is 2.79. The number of benzene rings is 4. The van der Waals surface area contributed by atoms with Crippen LogP contribution in [0.3, 0.4) is 0 Å². The topological polar surface area (TPSA) is 18.5 Å². The molecule has 0 aliphatic rings. The molecule has 29 heavy (non-hydrogen) atoms. The van der Waals surface area contributed by atoms with Crippen LogP contribution in [-0.4, -0.2) is 21.8 Å². The molecule has 0 unspecified atom stereocenters. The van der Waals surface area contributed by atoms with Gasteiger partial charge in [0.1, 0.15) is 0 Å². The third-order valence-electron chi connectivity index (χ3n) is 5.28. The van der Waals surface area contributed by atoms with Gasteiger partial charge in [0.05, 0.1) is 0 Å². The van der Waals surface area contributed by atoms with Gasteiger partial charge in [-0.15, -0.1) is 0 Å². The Hall–Kier alpha value is -2.46. The van der Waals surface area contributed by atoms with Crippen molar-refractivity contribution < 1.29 is 8.85 Å². The third-order valence-corrected chi connectivity index (χ3v) is 8.64. The monoisotopic (exact) mass is 400 g/mol. The molecule has 0 N–H and O–H groups in total. The van der Waals surface area contributed by atoms with Gasteiger partial charge in [-0.2, -0.15) is 0 Å². The van der Waals surface area contributed by atoms with Crippen LogP contribution in [0.4, 0.5) is 0 Å². The molecule has 0 aromatic heterocycles. The second kappa shape index (κ2) is 8.91. The molecule has 0 heterocycles. The molecule has 0 saturated carbocycles. The Morgan fingerprint density at radius 1 is 0.552 bits per heavy atom. The summed E-state index contributed by atoms with van der Waals surface area (Å²) in [7, 11) is -2.82. The van der Waals surface area contributed by atoms with Crippen LogP contribution in [0.2, 0.25) is 0 Å². The second-order valence-electron chi connectivity index (χ2n) is 7.44. The lowest BCUT2D eigenvalue weighted by molar-refractivity contribution is 0.191. The first kappa shape index (κ1) is 19.8. The minimum Gasteiger partial charge on any atom is -0.388 e. The van der Waals surface area contributed by atoms with Crippen LogP contribution in [0.1, 0.15) is 26.7 Å². The first-order valence-corrected chi connectivity index (χ1v) is 12.3. The minimum absolute atomic E-state index is 0.690. The summed E-state index contributed by atoms with van der Waals surface area (Å²) in [5.41, 5.74) is 0. The van der Waals surface area contributed by atoms with Crippen LogP contribution in [-0.2, 0) is 8.85 Å². The van der Waals surface area contributed by atoms with Crippen molar-refractivity contribution in [3.63, 3.8) is 0 Å². The van der Waals surface area contributed by atoms with Crippen molar-refractivity contribution in [2.45, 2.75) is 26.7 Å². The highest BCUT2D eigenvalue weighted by atomic mass is 28.4. The van der Waals surface area contributed by atoms with Gasteiger partial charge in [0.15, 0.2) is 0 Å². The molecular formula is C26H28O2Si. The Morgan fingerprint density at radius 2 is 0.966 bits per heavy atom. The number of hydrogen-bond acceptors (Lipinski definition) is 2. The maximum atomic E-state index is 6.67. The van der Waals surface area contributed by atoms with Crippen molar-refractivity contribution in [3.05, 3.63) is 84.9 Å².